The third-order valence-electron chi connectivity index (χ3n) is 6.68. The molecule has 0 bridgehead atoms. The summed E-state index contributed by atoms with van der Waals surface area (Å²) in [6.07, 6.45) is 3.50. The molecular weight excluding hydrogens is 646 g/mol. The molecular formula is C29H26ClN5O6S3. The maximum absolute atomic E-state index is 13.6. The number of hydrazone groups is 1. The molecule has 0 spiro atoms. The molecule has 0 saturated carbocycles. The van der Waals surface area contributed by atoms with Crippen LogP contribution in [0.25, 0.3) is 10.6 Å². The highest BCUT2D eigenvalue weighted by molar-refractivity contribution is 8.08. The van der Waals surface area contributed by atoms with E-state index >= 15 is 0 Å². The Morgan fingerprint density at radius 1 is 1.05 bits per heavy atom. The van der Waals surface area contributed by atoms with Gasteiger partial charge in [0.2, 0.25) is 0 Å². The highest BCUT2D eigenvalue weighted by atomic mass is 35.5. The van der Waals surface area contributed by atoms with Gasteiger partial charge in [0.05, 0.1) is 39.7 Å². The summed E-state index contributed by atoms with van der Waals surface area (Å²) in [5, 5.41) is 6.08. The fourth-order valence-corrected chi connectivity index (χ4v) is 7.94. The van der Waals surface area contributed by atoms with Gasteiger partial charge in [-0.15, -0.1) is 11.3 Å². The Hall–Kier alpha value is -3.95. The van der Waals surface area contributed by atoms with E-state index in [1.165, 1.54) is 29.2 Å². The number of hydrogen-bond donors (Lipinski definition) is 1. The van der Waals surface area contributed by atoms with Crippen molar-refractivity contribution >= 4 is 78.4 Å². The third kappa shape index (κ3) is 5.90. The quantitative estimate of drug-likeness (QED) is 0.322. The molecule has 6 rings (SSSR count). The molecule has 44 heavy (non-hydrogen) atoms. The molecule has 0 aliphatic carbocycles. The number of anilines is 2. The highest BCUT2D eigenvalue weighted by Gasteiger charge is 2.33. The standard InChI is InChI=1S/C24H21ClN4O6S3.C5H5N/c1-5-28-22(31)20(24-27(3)17-10-13(35-4)6-9-18(17)36-24)37-23(28)19-12(2)26-29(21(19)30)16-8-7-14(11-15(16)25)38(32,33)34;1-2-4-6-5-3-1/h6-11H,5H2,1-4H3,(H,32,33,34);1-5H/b23-19+,24-20-;. The summed E-state index contributed by atoms with van der Waals surface area (Å²) in [7, 11) is -0.997. The molecule has 228 valence electrons. The summed E-state index contributed by atoms with van der Waals surface area (Å²) in [5.41, 5.74) is 1.47. The SMILES string of the molecule is CCn1c(=O)/c(=C2/Sc3ccc(OC)cc3N2C)s/c1=C1/C(=O)N(c2ccc(S(=O)(=O)O)cc2Cl)N=C1C.c1ccncc1. The van der Waals surface area contributed by atoms with Crippen LogP contribution in [0.2, 0.25) is 5.02 Å². The van der Waals surface area contributed by atoms with Crippen LogP contribution in [0.3, 0.4) is 0 Å². The number of carbonyl (C=O) groups is 1. The van der Waals surface area contributed by atoms with Crippen molar-refractivity contribution in [1.82, 2.24) is 9.55 Å². The summed E-state index contributed by atoms with van der Waals surface area (Å²) in [6.45, 7) is 3.82. The lowest BCUT2D eigenvalue weighted by Gasteiger charge is -2.14. The molecule has 2 aliphatic heterocycles. The van der Waals surface area contributed by atoms with Crippen LogP contribution in [0.1, 0.15) is 13.8 Å². The summed E-state index contributed by atoms with van der Waals surface area (Å²) < 4.78 is 40.0. The smallest absolute Gasteiger partial charge is 0.294 e. The Morgan fingerprint density at radius 3 is 2.34 bits per heavy atom. The number of nitrogens with zero attached hydrogens (tertiary/aromatic N) is 5. The van der Waals surface area contributed by atoms with Gasteiger partial charge in [-0.2, -0.15) is 18.5 Å². The highest BCUT2D eigenvalue weighted by Crippen LogP contribution is 2.46. The zero-order chi connectivity index (χ0) is 31.8. The predicted octanol–water partition coefficient (Wildman–Crippen LogP) is 3.80. The van der Waals surface area contributed by atoms with Crippen molar-refractivity contribution in [2.24, 2.45) is 5.10 Å². The number of thioether (sulfide) groups is 1. The molecule has 2 aromatic heterocycles. The monoisotopic (exact) mass is 671 g/mol. The van der Waals surface area contributed by atoms with Gasteiger partial charge in [-0.05, 0) is 56.3 Å². The molecule has 0 saturated heterocycles. The number of pyridine rings is 1. The number of halogens is 1. The van der Waals surface area contributed by atoms with Gasteiger partial charge in [-0.1, -0.05) is 29.4 Å². The van der Waals surface area contributed by atoms with Crippen LogP contribution in [0, 0.1) is 0 Å². The fourth-order valence-electron chi connectivity index (χ4n) is 4.52. The minimum absolute atomic E-state index is 0.0845. The lowest BCUT2D eigenvalue weighted by Crippen LogP contribution is -2.35. The van der Waals surface area contributed by atoms with E-state index in [4.69, 9.17) is 16.3 Å². The summed E-state index contributed by atoms with van der Waals surface area (Å²) >= 11 is 8.94. The number of ether oxygens (including phenoxy) is 1. The maximum Gasteiger partial charge on any atom is 0.294 e. The number of rotatable bonds is 4. The van der Waals surface area contributed by atoms with Gasteiger partial charge >= 0.3 is 0 Å². The van der Waals surface area contributed by atoms with E-state index in [2.05, 4.69) is 10.1 Å². The third-order valence-corrected chi connectivity index (χ3v) is 10.4. The van der Waals surface area contributed by atoms with Crippen LogP contribution < -0.4 is 29.4 Å². The Kier molecular flexibility index (Phi) is 9.00. The maximum atomic E-state index is 13.6. The first-order valence-electron chi connectivity index (χ1n) is 13.1. The predicted molar refractivity (Wildman–Crippen MR) is 174 cm³/mol. The van der Waals surface area contributed by atoms with Crippen LogP contribution in [0.15, 0.2) is 86.7 Å². The number of amides is 1. The van der Waals surface area contributed by atoms with Crippen molar-refractivity contribution < 1.29 is 22.5 Å². The second-order valence-electron chi connectivity index (χ2n) is 9.38. The number of aromatic nitrogens is 2. The summed E-state index contributed by atoms with van der Waals surface area (Å²) in [4.78, 5) is 33.4. The van der Waals surface area contributed by atoms with E-state index in [0.717, 1.165) is 32.8 Å². The molecule has 0 radical (unpaired) electrons. The molecule has 1 N–H and O–H groups in total. The summed E-state index contributed by atoms with van der Waals surface area (Å²) in [5.74, 6) is 0.196. The molecule has 0 unspecified atom stereocenters. The number of benzene rings is 2. The molecule has 2 aromatic carbocycles. The normalized spacial score (nSPS) is 16.9. The molecule has 4 heterocycles. The van der Waals surface area contributed by atoms with Gasteiger partial charge in [0, 0.05) is 36.9 Å². The molecule has 11 nitrogen and oxygen atoms in total. The molecule has 2 aliphatic rings. The van der Waals surface area contributed by atoms with Gasteiger partial charge in [0.25, 0.3) is 21.6 Å². The van der Waals surface area contributed by atoms with E-state index in [1.54, 1.807) is 31.0 Å². The number of carbonyl (C=O) groups excluding carboxylic acids is 1. The number of fused-ring (bicyclic) bond motifs is 1. The first-order chi connectivity index (χ1) is 21.0. The van der Waals surface area contributed by atoms with Gasteiger partial charge < -0.3 is 9.64 Å². The topological polar surface area (TPSA) is 134 Å². The Balaban J connectivity index is 0.000000573. The molecule has 0 fully saturated rings. The van der Waals surface area contributed by atoms with Crippen molar-refractivity contribution in [3.63, 3.8) is 0 Å². The molecule has 4 aromatic rings. The van der Waals surface area contributed by atoms with Crippen molar-refractivity contribution in [2.45, 2.75) is 30.2 Å². The number of thiazole rings is 1. The number of methoxy groups -OCH3 is 1. The minimum atomic E-state index is -4.47. The number of hydrogen-bond acceptors (Lipinski definition) is 10. The second-order valence-corrected chi connectivity index (χ2v) is 13.2. The lowest BCUT2D eigenvalue weighted by molar-refractivity contribution is -0.112. The largest absolute Gasteiger partial charge is 0.497 e. The van der Waals surface area contributed by atoms with Crippen molar-refractivity contribution in [3.8, 4) is 5.75 Å². The van der Waals surface area contributed by atoms with Crippen molar-refractivity contribution in [2.75, 3.05) is 24.1 Å². The average molecular weight is 672 g/mol. The van der Waals surface area contributed by atoms with Crippen molar-refractivity contribution in [1.29, 1.82) is 0 Å². The fraction of sp³-hybridized carbons (Fsp3) is 0.172. The van der Waals surface area contributed by atoms with Crippen LogP contribution in [-0.4, -0.2) is 48.3 Å². The zero-order valence-corrected chi connectivity index (χ0v) is 27.1. The molecule has 15 heteroatoms. The van der Waals surface area contributed by atoms with E-state index in [-0.39, 0.29) is 21.8 Å². The first-order valence-corrected chi connectivity index (χ1v) is 16.5. The van der Waals surface area contributed by atoms with Gasteiger partial charge in [-0.3, -0.25) is 23.7 Å². The van der Waals surface area contributed by atoms with Crippen LogP contribution in [-0.2, 0) is 21.5 Å². The van der Waals surface area contributed by atoms with Crippen LogP contribution in [0.4, 0.5) is 11.4 Å². The van der Waals surface area contributed by atoms with Crippen LogP contribution in [0.5, 0.6) is 5.75 Å². The molecule has 0 atom stereocenters. The first kappa shape index (κ1) is 31.5. The van der Waals surface area contributed by atoms with Crippen LogP contribution >= 0.6 is 34.7 Å². The second kappa shape index (κ2) is 12.6. The molecule has 1 amide bonds. The Labute approximate surface area is 266 Å². The van der Waals surface area contributed by atoms with Crippen molar-refractivity contribution in [3.05, 3.63) is 91.6 Å². The van der Waals surface area contributed by atoms with Gasteiger partial charge in [0.1, 0.15) is 20.0 Å². The van der Waals surface area contributed by atoms with Gasteiger partial charge in [-0.25, -0.2) is 0 Å². The Morgan fingerprint density at radius 2 is 1.77 bits per heavy atom. The van der Waals surface area contributed by atoms with E-state index in [0.29, 0.717) is 27.2 Å². The van der Waals surface area contributed by atoms with E-state index in [9.17, 15) is 22.6 Å². The van der Waals surface area contributed by atoms with Gasteiger partial charge in [0.15, 0.2) is 0 Å². The Bertz CT molecular complexity index is 2070. The minimum Gasteiger partial charge on any atom is -0.497 e. The zero-order valence-electron chi connectivity index (χ0n) is 23.9. The van der Waals surface area contributed by atoms with E-state index in [1.807, 2.05) is 55.3 Å². The van der Waals surface area contributed by atoms with E-state index < -0.39 is 20.9 Å². The average Bonchev–Trinajstić information content (AvgIpc) is 3.62. The lowest BCUT2D eigenvalue weighted by atomic mass is 10.2. The summed E-state index contributed by atoms with van der Waals surface area (Å²) in [6, 6.07) is 14.9.